The maximum Gasteiger partial charge on any atom is 0.423 e. The summed E-state index contributed by atoms with van der Waals surface area (Å²) in [6, 6.07) is 12.6. The molecule has 13 nitrogen and oxygen atoms in total. The molecular formula is C30H30N6O7. The Kier molecular flexibility index (Phi) is 8.51. The third kappa shape index (κ3) is 6.89. The number of carbonyl (C=O) groups is 4. The van der Waals surface area contributed by atoms with Crippen LogP contribution in [0.4, 0.5) is 16.3 Å². The quantitative estimate of drug-likeness (QED) is 0.187. The second kappa shape index (κ2) is 12.6. The van der Waals surface area contributed by atoms with Crippen LogP contribution in [0.25, 0.3) is 5.52 Å². The first kappa shape index (κ1) is 29.0. The van der Waals surface area contributed by atoms with Gasteiger partial charge in [-0.1, -0.05) is 18.2 Å². The zero-order valence-corrected chi connectivity index (χ0v) is 23.6. The first-order valence-corrected chi connectivity index (χ1v) is 13.7. The van der Waals surface area contributed by atoms with Gasteiger partial charge in [-0.25, -0.2) is 19.2 Å². The zero-order chi connectivity index (χ0) is 30.5. The van der Waals surface area contributed by atoms with E-state index < -0.39 is 18.9 Å². The molecule has 2 aromatic carbocycles. The maximum atomic E-state index is 13.7. The van der Waals surface area contributed by atoms with E-state index in [0.29, 0.717) is 40.0 Å². The summed E-state index contributed by atoms with van der Waals surface area (Å²) in [6.45, 7) is 3.28. The number of anilines is 2. The van der Waals surface area contributed by atoms with Crippen LogP contribution in [-0.2, 0) is 20.7 Å². The Bertz CT molecular complexity index is 1680. The van der Waals surface area contributed by atoms with Gasteiger partial charge in [-0.2, -0.15) is 5.10 Å². The molecule has 1 aliphatic carbocycles. The fourth-order valence-corrected chi connectivity index (χ4v) is 4.30. The number of ether oxygens (including phenoxy) is 2. The predicted octanol–water partition coefficient (Wildman–Crippen LogP) is 3.40. The molecule has 0 bridgehead atoms. The molecule has 13 heteroatoms. The van der Waals surface area contributed by atoms with Crippen LogP contribution in [0.2, 0.25) is 0 Å². The van der Waals surface area contributed by atoms with Crippen molar-refractivity contribution in [2.75, 3.05) is 18.2 Å². The van der Waals surface area contributed by atoms with Crippen LogP contribution < -0.4 is 15.5 Å². The summed E-state index contributed by atoms with van der Waals surface area (Å²) in [7, 11) is 0. The van der Waals surface area contributed by atoms with Crippen molar-refractivity contribution >= 4 is 40.9 Å². The third-order valence-corrected chi connectivity index (χ3v) is 6.69. The van der Waals surface area contributed by atoms with Crippen LogP contribution in [0.1, 0.15) is 51.6 Å². The Labute approximate surface area is 246 Å². The summed E-state index contributed by atoms with van der Waals surface area (Å²) in [5.74, 6) is -1.12. The largest absolute Gasteiger partial charge is 0.508 e. The smallest absolute Gasteiger partial charge is 0.423 e. The van der Waals surface area contributed by atoms with Crippen LogP contribution in [0.5, 0.6) is 5.75 Å². The summed E-state index contributed by atoms with van der Waals surface area (Å²) >= 11 is 0. The number of amides is 3. The Hall–Kier alpha value is -5.46. The highest BCUT2D eigenvalue weighted by Crippen LogP contribution is 2.32. The molecule has 1 fully saturated rings. The number of aromatic hydroxyl groups is 1. The minimum absolute atomic E-state index is 0.0652. The first-order valence-electron chi connectivity index (χ1n) is 13.7. The lowest BCUT2D eigenvalue weighted by molar-refractivity contribution is -0.150. The summed E-state index contributed by atoms with van der Waals surface area (Å²) in [4.78, 5) is 56.9. The number of aryl methyl sites for hydroxylation is 1. The number of benzene rings is 2. The van der Waals surface area contributed by atoms with Gasteiger partial charge in [-0.05, 0) is 68.1 Å². The molecular weight excluding hydrogens is 556 g/mol. The van der Waals surface area contributed by atoms with Crippen molar-refractivity contribution in [1.29, 1.82) is 0 Å². The highest BCUT2D eigenvalue weighted by atomic mass is 16.7. The number of rotatable bonds is 10. The first-order chi connectivity index (χ1) is 20.7. The van der Waals surface area contributed by atoms with Crippen molar-refractivity contribution in [3.05, 3.63) is 83.3 Å². The van der Waals surface area contributed by atoms with E-state index in [1.165, 1.54) is 35.2 Å². The molecule has 0 radical (unpaired) electrons. The molecule has 0 atom stereocenters. The van der Waals surface area contributed by atoms with Crippen molar-refractivity contribution in [3.63, 3.8) is 0 Å². The minimum Gasteiger partial charge on any atom is -0.508 e. The van der Waals surface area contributed by atoms with Crippen molar-refractivity contribution in [3.8, 4) is 5.75 Å². The van der Waals surface area contributed by atoms with Gasteiger partial charge in [0.25, 0.3) is 11.8 Å². The molecule has 0 unspecified atom stereocenters. The lowest BCUT2D eigenvalue weighted by atomic mass is 10.1. The molecule has 0 aliphatic heterocycles. The van der Waals surface area contributed by atoms with Gasteiger partial charge in [0.15, 0.2) is 5.82 Å². The molecule has 3 N–H and O–H groups in total. The van der Waals surface area contributed by atoms with E-state index in [1.54, 1.807) is 44.2 Å². The Balaban J connectivity index is 1.44. The fraction of sp³-hybridized carbons (Fsp3) is 0.267. The summed E-state index contributed by atoms with van der Waals surface area (Å²) in [5, 5.41) is 19.3. The second-order valence-electron chi connectivity index (χ2n) is 9.97. The molecule has 1 saturated carbocycles. The van der Waals surface area contributed by atoms with Gasteiger partial charge in [0.05, 0.1) is 17.7 Å². The number of carbonyl (C=O) groups excluding carboxylic acids is 4. The lowest BCUT2D eigenvalue weighted by Gasteiger charge is -2.24. The molecule has 2 aromatic heterocycles. The average Bonchev–Trinajstić information content (AvgIpc) is 3.69. The van der Waals surface area contributed by atoms with Gasteiger partial charge in [0, 0.05) is 24.3 Å². The van der Waals surface area contributed by atoms with Crippen LogP contribution in [0, 0.1) is 6.92 Å². The van der Waals surface area contributed by atoms with Crippen LogP contribution in [0.3, 0.4) is 0 Å². The highest BCUT2D eigenvalue weighted by molar-refractivity contribution is 6.03. The van der Waals surface area contributed by atoms with E-state index in [1.807, 2.05) is 0 Å². The van der Waals surface area contributed by atoms with Gasteiger partial charge in [-0.15, -0.1) is 0 Å². The van der Waals surface area contributed by atoms with Gasteiger partial charge >= 0.3 is 12.1 Å². The standard InChI is InChI=1S/C30H30N6O7/c1-3-31-28(39)21-14-25-27(32-16-33-35(25)15-21)36(24-13-20(7-4-18(24)2)29(40)34-22-8-9-22)30(41)43-17-42-26(38)12-19-5-10-23(37)11-6-19/h4-7,10-11,13-16,22,37H,3,8-9,12,17H2,1-2H3,(H,31,39)(H,34,40). The molecule has 222 valence electrons. The van der Waals surface area contributed by atoms with Crippen LogP contribution in [0.15, 0.2) is 61.1 Å². The van der Waals surface area contributed by atoms with Crippen molar-refractivity contribution < 1.29 is 33.8 Å². The van der Waals surface area contributed by atoms with Gasteiger partial charge < -0.3 is 25.2 Å². The predicted molar refractivity (Wildman–Crippen MR) is 154 cm³/mol. The van der Waals surface area contributed by atoms with Crippen LogP contribution in [-0.4, -0.2) is 63.0 Å². The lowest BCUT2D eigenvalue weighted by Crippen LogP contribution is -2.31. The fourth-order valence-electron chi connectivity index (χ4n) is 4.30. The third-order valence-electron chi connectivity index (χ3n) is 6.69. The van der Waals surface area contributed by atoms with Crippen molar-refractivity contribution in [1.82, 2.24) is 25.2 Å². The van der Waals surface area contributed by atoms with E-state index in [2.05, 4.69) is 20.7 Å². The molecule has 5 rings (SSSR count). The van der Waals surface area contributed by atoms with Gasteiger partial charge in [0.2, 0.25) is 6.79 Å². The topological polar surface area (TPSA) is 164 Å². The number of phenols is 1. The molecule has 0 spiro atoms. The Morgan fingerprint density at radius 1 is 1.02 bits per heavy atom. The summed E-state index contributed by atoms with van der Waals surface area (Å²) < 4.78 is 11.9. The summed E-state index contributed by atoms with van der Waals surface area (Å²) in [6.07, 6.45) is 3.51. The second-order valence-corrected chi connectivity index (χ2v) is 9.97. The van der Waals surface area contributed by atoms with E-state index in [4.69, 9.17) is 9.47 Å². The highest BCUT2D eigenvalue weighted by Gasteiger charge is 2.29. The normalized spacial score (nSPS) is 12.4. The monoisotopic (exact) mass is 586 g/mol. The van der Waals surface area contributed by atoms with Gasteiger partial charge in [0.1, 0.15) is 17.6 Å². The SMILES string of the molecule is CCNC(=O)c1cc2c(N(C(=O)OCOC(=O)Cc3ccc(O)cc3)c3cc(C(=O)NC4CC4)ccc3C)ncnn2c1. The number of nitrogens with zero attached hydrogens (tertiary/aromatic N) is 4. The zero-order valence-electron chi connectivity index (χ0n) is 23.6. The number of hydrogen-bond donors (Lipinski definition) is 3. The molecule has 43 heavy (non-hydrogen) atoms. The molecule has 1 aliphatic rings. The van der Waals surface area contributed by atoms with E-state index >= 15 is 0 Å². The number of fused-ring (bicyclic) bond motifs is 1. The maximum absolute atomic E-state index is 13.7. The van der Waals surface area contributed by atoms with Gasteiger partial charge in [-0.3, -0.25) is 14.4 Å². The van der Waals surface area contributed by atoms with E-state index in [9.17, 15) is 24.3 Å². The summed E-state index contributed by atoms with van der Waals surface area (Å²) in [5.41, 5.74) is 2.47. The van der Waals surface area contributed by atoms with E-state index in [0.717, 1.165) is 17.7 Å². The number of aromatic nitrogens is 3. The molecule has 3 amide bonds. The Morgan fingerprint density at radius 3 is 2.51 bits per heavy atom. The van der Waals surface area contributed by atoms with Crippen molar-refractivity contribution in [2.45, 2.75) is 39.2 Å². The number of hydrogen-bond acceptors (Lipinski definition) is 9. The van der Waals surface area contributed by atoms with E-state index in [-0.39, 0.29) is 35.8 Å². The molecule has 4 aromatic rings. The Morgan fingerprint density at radius 2 is 1.79 bits per heavy atom. The van der Waals surface area contributed by atoms with Crippen LogP contribution >= 0.6 is 0 Å². The average molecular weight is 587 g/mol. The number of esters is 1. The molecule has 0 saturated heterocycles. The van der Waals surface area contributed by atoms with Crippen molar-refractivity contribution in [2.24, 2.45) is 0 Å². The minimum atomic E-state index is -0.943. The number of phenolic OH excluding ortho intramolecular Hbond substituents is 1. The number of nitrogens with one attached hydrogen (secondary N) is 2. The molecule has 2 heterocycles.